The van der Waals surface area contributed by atoms with Gasteiger partial charge in [-0.2, -0.15) is 0 Å². The number of hydrogen-bond donors (Lipinski definition) is 3. The quantitative estimate of drug-likeness (QED) is 0.677. The van der Waals surface area contributed by atoms with E-state index in [9.17, 15) is 18.0 Å². The van der Waals surface area contributed by atoms with Crippen molar-refractivity contribution in [3.05, 3.63) is 54.1 Å². The van der Waals surface area contributed by atoms with Gasteiger partial charge in [-0.05, 0) is 61.5 Å². The van der Waals surface area contributed by atoms with Gasteiger partial charge < -0.3 is 10.6 Å². The Balaban J connectivity index is 2.00. The van der Waals surface area contributed by atoms with Gasteiger partial charge in [0.05, 0.1) is 4.90 Å². The van der Waals surface area contributed by atoms with Crippen LogP contribution in [0.2, 0.25) is 0 Å². The third-order valence-corrected chi connectivity index (χ3v) is 5.15. The van der Waals surface area contributed by atoms with Gasteiger partial charge in [0.15, 0.2) is 0 Å². The van der Waals surface area contributed by atoms with Crippen LogP contribution in [0.1, 0.15) is 30.6 Å². The zero-order chi connectivity index (χ0) is 20.0. The molecule has 0 bridgehead atoms. The molecule has 0 saturated heterocycles. The molecule has 0 heterocycles. The number of sulfonamides is 1. The smallest absolute Gasteiger partial charge is 0.255 e. The van der Waals surface area contributed by atoms with Gasteiger partial charge in [0, 0.05) is 23.4 Å². The lowest BCUT2D eigenvalue weighted by Crippen LogP contribution is -2.19. The molecule has 0 spiro atoms. The highest BCUT2D eigenvalue weighted by Crippen LogP contribution is 2.16. The Kier molecular flexibility index (Phi) is 6.70. The summed E-state index contributed by atoms with van der Waals surface area (Å²) in [5.41, 5.74) is 1.55. The second-order valence-electron chi connectivity index (χ2n) is 6.41. The average Bonchev–Trinajstić information content (AvgIpc) is 2.62. The molecular formula is C19H23N3O4S. The Morgan fingerprint density at radius 3 is 1.89 bits per heavy atom. The number of hydrogen-bond acceptors (Lipinski definition) is 4. The lowest BCUT2D eigenvalue weighted by molar-refractivity contribution is -0.116. The van der Waals surface area contributed by atoms with Gasteiger partial charge in [0.2, 0.25) is 15.9 Å². The van der Waals surface area contributed by atoms with Gasteiger partial charge in [-0.15, -0.1) is 0 Å². The van der Waals surface area contributed by atoms with Crippen LogP contribution >= 0.6 is 0 Å². The molecule has 0 unspecified atom stereocenters. The highest BCUT2D eigenvalue weighted by molar-refractivity contribution is 7.89. The van der Waals surface area contributed by atoms with E-state index in [2.05, 4.69) is 15.4 Å². The molecule has 2 aromatic rings. The van der Waals surface area contributed by atoms with Crippen LogP contribution in [0.4, 0.5) is 11.4 Å². The van der Waals surface area contributed by atoms with E-state index in [1.54, 1.807) is 24.3 Å². The molecule has 0 aliphatic heterocycles. The van der Waals surface area contributed by atoms with Crippen LogP contribution in [-0.2, 0) is 14.8 Å². The van der Waals surface area contributed by atoms with Gasteiger partial charge in [0.1, 0.15) is 0 Å². The monoisotopic (exact) mass is 389 g/mol. The minimum Gasteiger partial charge on any atom is -0.326 e. The zero-order valence-electron chi connectivity index (χ0n) is 15.4. The summed E-state index contributed by atoms with van der Waals surface area (Å²) in [6.45, 7) is 3.94. The first-order valence-electron chi connectivity index (χ1n) is 8.46. The second-order valence-corrected chi connectivity index (χ2v) is 8.30. The molecule has 0 aliphatic rings. The third kappa shape index (κ3) is 5.90. The number of nitrogens with one attached hydrogen (secondary N) is 3. The van der Waals surface area contributed by atoms with Crippen molar-refractivity contribution >= 4 is 33.2 Å². The van der Waals surface area contributed by atoms with E-state index < -0.39 is 10.0 Å². The van der Waals surface area contributed by atoms with Crippen molar-refractivity contribution in [2.75, 3.05) is 17.7 Å². The summed E-state index contributed by atoms with van der Waals surface area (Å²) in [6.07, 6.45) is 0.442. The summed E-state index contributed by atoms with van der Waals surface area (Å²) < 4.78 is 25.6. The fraction of sp³-hybridized carbons (Fsp3) is 0.263. The fourth-order valence-corrected chi connectivity index (χ4v) is 3.06. The summed E-state index contributed by atoms with van der Waals surface area (Å²) in [5.74, 6) is -0.142. The summed E-state index contributed by atoms with van der Waals surface area (Å²) in [7, 11) is -2.21. The summed E-state index contributed by atoms with van der Waals surface area (Å²) in [5, 5.41) is 5.52. The van der Waals surface area contributed by atoms with Crippen molar-refractivity contribution in [1.29, 1.82) is 0 Å². The van der Waals surface area contributed by atoms with E-state index >= 15 is 0 Å². The molecule has 0 aromatic heterocycles. The highest BCUT2D eigenvalue weighted by atomic mass is 32.2. The number of rotatable bonds is 7. The van der Waals surface area contributed by atoms with Gasteiger partial charge in [-0.3, -0.25) is 9.59 Å². The van der Waals surface area contributed by atoms with E-state index in [1.807, 2.05) is 13.8 Å². The zero-order valence-corrected chi connectivity index (χ0v) is 16.3. The first-order valence-corrected chi connectivity index (χ1v) is 9.94. The van der Waals surface area contributed by atoms with Gasteiger partial charge in [-0.1, -0.05) is 13.8 Å². The molecule has 0 radical (unpaired) electrons. The number of carbonyl (C=O) groups is 2. The average molecular weight is 389 g/mol. The lowest BCUT2D eigenvalue weighted by Gasteiger charge is -2.09. The fourth-order valence-electron chi connectivity index (χ4n) is 2.33. The topological polar surface area (TPSA) is 104 Å². The third-order valence-electron chi connectivity index (χ3n) is 3.72. The van der Waals surface area contributed by atoms with Crippen LogP contribution < -0.4 is 15.4 Å². The maximum atomic E-state index is 12.3. The van der Waals surface area contributed by atoms with Crippen molar-refractivity contribution in [3.63, 3.8) is 0 Å². The summed E-state index contributed by atoms with van der Waals surface area (Å²) >= 11 is 0. The molecule has 7 nitrogen and oxygen atoms in total. The van der Waals surface area contributed by atoms with Crippen molar-refractivity contribution < 1.29 is 18.0 Å². The molecule has 0 atom stereocenters. The number of amides is 2. The van der Waals surface area contributed by atoms with Crippen LogP contribution in [0, 0.1) is 5.92 Å². The minimum atomic E-state index is -3.54. The molecule has 0 saturated carbocycles. The first-order chi connectivity index (χ1) is 12.7. The predicted molar refractivity (Wildman–Crippen MR) is 105 cm³/mol. The molecular weight excluding hydrogens is 366 g/mol. The number of carbonyl (C=O) groups excluding carboxylic acids is 2. The van der Waals surface area contributed by atoms with Crippen LogP contribution in [0.25, 0.3) is 0 Å². The van der Waals surface area contributed by atoms with Gasteiger partial charge >= 0.3 is 0 Å². The Morgan fingerprint density at radius 1 is 0.889 bits per heavy atom. The maximum absolute atomic E-state index is 12.3. The number of anilines is 2. The van der Waals surface area contributed by atoms with E-state index in [1.165, 1.54) is 31.3 Å². The van der Waals surface area contributed by atoms with Crippen LogP contribution in [0.5, 0.6) is 0 Å². The molecule has 144 valence electrons. The first kappa shape index (κ1) is 20.6. The molecule has 2 aromatic carbocycles. The van der Waals surface area contributed by atoms with Crippen molar-refractivity contribution in [2.24, 2.45) is 5.92 Å². The van der Waals surface area contributed by atoms with Crippen molar-refractivity contribution in [3.8, 4) is 0 Å². The van der Waals surface area contributed by atoms with E-state index in [-0.39, 0.29) is 22.6 Å². The standard InChI is InChI=1S/C19H23N3O4S/c1-13(2)12-18(23)21-15-6-8-16(9-7-15)22-19(24)14-4-10-17(11-5-14)27(25,26)20-3/h4-11,13,20H,12H2,1-3H3,(H,21,23)(H,22,24). The second kappa shape index (κ2) is 8.79. The minimum absolute atomic E-state index is 0.0570. The molecule has 2 amide bonds. The van der Waals surface area contributed by atoms with E-state index in [0.29, 0.717) is 23.4 Å². The van der Waals surface area contributed by atoms with E-state index in [0.717, 1.165) is 0 Å². The normalized spacial score (nSPS) is 11.3. The maximum Gasteiger partial charge on any atom is 0.255 e. The van der Waals surface area contributed by atoms with Crippen molar-refractivity contribution in [1.82, 2.24) is 4.72 Å². The summed E-state index contributed by atoms with van der Waals surface area (Å²) in [4.78, 5) is 24.1. The van der Waals surface area contributed by atoms with Crippen LogP contribution in [0.3, 0.4) is 0 Å². The van der Waals surface area contributed by atoms with Gasteiger partial charge in [-0.25, -0.2) is 13.1 Å². The lowest BCUT2D eigenvalue weighted by atomic mass is 10.1. The predicted octanol–water partition coefficient (Wildman–Crippen LogP) is 2.83. The molecule has 2 rings (SSSR count). The molecule has 0 aliphatic carbocycles. The molecule has 3 N–H and O–H groups in total. The highest BCUT2D eigenvalue weighted by Gasteiger charge is 2.13. The molecule has 27 heavy (non-hydrogen) atoms. The van der Waals surface area contributed by atoms with Crippen LogP contribution in [0.15, 0.2) is 53.4 Å². The Hall–Kier alpha value is -2.71. The van der Waals surface area contributed by atoms with Crippen LogP contribution in [-0.4, -0.2) is 27.3 Å². The summed E-state index contributed by atoms with van der Waals surface area (Å²) in [6, 6.07) is 12.4. The number of benzene rings is 2. The van der Waals surface area contributed by atoms with Gasteiger partial charge in [0.25, 0.3) is 5.91 Å². The molecule has 8 heteroatoms. The largest absolute Gasteiger partial charge is 0.326 e. The van der Waals surface area contributed by atoms with Crippen molar-refractivity contribution in [2.45, 2.75) is 25.2 Å². The SMILES string of the molecule is CNS(=O)(=O)c1ccc(C(=O)Nc2ccc(NC(=O)CC(C)C)cc2)cc1. The molecule has 0 fully saturated rings. The Morgan fingerprint density at radius 2 is 1.41 bits per heavy atom. The van der Waals surface area contributed by atoms with E-state index in [4.69, 9.17) is 0 Å². The Labute approximate surface area is 159 Å². The Bertz CT molecular complexity index is 905.